The molecule has 0 radical (unpaired) electrons. The van der Waals surface area contributed by atoms with Crippen molar-refractivity contribution >= 4 is 23.1 Å². The maximum Gasteiger partial charge on any atom is 0.228 e. The first-order valence-electron chi connectivity index (χ1n) is 7.50. The van der Waals surface area contributed by atoms with E-state index in [1.54, 1.807) is 42.5 Å². The van der Waals surface area contributed by atoms with E-state index in [-0.39, 0.29) is 18.0 Å². The number of nitrogens with two attached hydrogens (primary N) is 1. The highest BCUT2D eigenvalue weighted by molar-refractivity contribution is 6.49. The number of primary amides is 1. The lowest BCUT2D eigenvalue weighted by Crippen LogP contribution is -2.35. The van der Waals surface area contributed by atoms with Crippen LogP contribution in [-0.2, 0) is 4.79 Å². The number of anilines is 1. The third-order valence-electron chi connectivity index (χ3n) is 3.89. The van der Waals surface area contributed by atoms with Crippen molar-refractivity contribution < 1.29 is 14.3 Å². The Labute approximate surface area is 139 Å². The Hall–Kier alpha value is -3.15. The van der Waals surface area contributed by atoms with Crippen molar-refractivity contribution in [2.45, 2.75) is 0 Å². The minimum Gasteiger partial charge on any atom is -0.495 e. The van der Waals surface area contributed by atoms with E-state index in [0.29, 0.717) is 17.0 Å². The molecule has 0 spiro atoms. The van der Waals surface area contributed by atoms with Crippen LogP contribution < -0.4 is 15.5 Å². The van der Waals surface area contributed by atoms with Crippen molar-refractivity contribution in [1.29, 1.82) is 0 Å². The van der Waals surface area contributed by atoms with Crippen molar-refractivity contribution in [3.05, 3.63) is 60.2 Å². The van der Waals surface area contributed by atoms with Gasteiger partial charge in [-0.2, -0.15) is 5.10 Å². The maximum atomic E-state index is 12.7. The SMILES string of the molecule is COc1ccccc1N1C[C@H](C(N)=O)C(C(=O)c2ccccc2)=N1. The number of carbonyl (C=O) groups is 2. The molecular formula is C18H17N3O3. The molecule has 24 heavy (non-hydrogen) atoms. The molecule has 1 aliphatic heterocycles. The highest BCUT2D eigenvalue weighted by Crippen LogP contribution is 2.31. The number of hydrazone groups is 1. The van der Waals surface area contributed by atoms with Crippen LogP contribution in [0.3, 0.4) is 0 Å². The van der Waals surface area contributed by atoms with Crippen molar-refractivity contribution in [3.63, 3.8) is 0 Å². The van der Waals surface area contributed by atoms with E-state index < -0.39 is 11.8 Å². The molecule has 2 aromatic carbocycles. The van der Waals surface area contributed by atoms with Crippen molar-refractivity contribution in [3.8, 4) is 5.75 Å². The molecule has 0 unspecified atom stereocenters. The topological polar surface area (TPSA) is 85.0 Å². The highest BCUT2D eigenvalue weighted by Gasteiger charge is 2.37. The molecule has 2 N–H and O–H groups in total. The second-order valence-corrected chi connectivity index (χ2v) is 5.39. The molecule has 1 aliphatic rings. The van der Waals surface area contributed by atoms with Gasteiger partial charge < -0.3 is 10.5 Å². The summed E-state index contributed by atoms with van der Waals surface area (Å²) in [5.74, 6) is -1.02. The normalized spacial score (nSPS) is 16.6. The average molecular weight is 323 g/mol. The van der Waals surface area contributed by atoms with Crippen LogP contribution >= 0.6 is 0 Å². The van der Waals surface area contributed by atoms with Gasteiger partial charge in [-0.1, -0.05) is 42.5 Å². The Morgan fingerprint density at radius 2 is 1.79 bits per heavy atom. The lowest BCUT2D eigenvalue weighted by atomic mass is 9.96. The molecule has 0 saturated heterocycles. The first kappa shape index (κ1) is 15.7. The number of rotatable bonds is 5. The fourth-order valence-corrected chi connectivity index (χ4v) is 2.66. The molecule has 0 aromatic heterocycles. The number of benzene rings is 2. The zero-order valence-corrected chi connectivity index (χ0v) is 13.2. The first-order valence-corrected chi connectivity index (χ1v) is 7.50. The number of hydrogen-bond acceptors (Lipinski definition) is 5. The van der Waals surface area contributed by atoms with E-state index in [0.717, 1.165) is 0 Å². The summed E-state index contributed by atoms with van der Waals surface area (Å²) in [5, 5.41) is 5.95. The second-order valence-electron chi connectivity index (χ2n) is 5.39. The summed E-state index contributed by atoms with van der Waals surface area (Å²) >= 11 is 0. The number of hydrogen-bond donors (Lipinski definition) is 1. The van der Waals surface area contributed by atoms with Gasteiger partial charge in [-0.3, -0.25) is 14.6 Å². The lowest BCUT2D eigenvalue weighted by molar-refractivity contribution is -0.119. The predicted octanol–water partition coefficient (Wildman–Crippen LogP) is 1.86. The summed E-state index contributed by atoms with van der Waals surface area (Å²) < 4.78 is 5.32. The van der Waals surface area contributed by atoms with Crippen molar-refractivity contribution in [2.75, 3.05) is 18.7 Å². The molecule has 1 atom stereocenters. The number of para-hydroxylation sites is 2. The second kappa shape index (κ2) is 6.54. The van der Waals surface area contributed by atoms with Gasteiger partial charge in [-0.25, -0.2) is 0 Å². The smallest absolute Gasteiger partial charge is 0.228 e. The number of ketones is 1. The number of methoxy groups -OCH3 is 1. The Balaban J connectivity index is 1.99. The van der Waals surface area contributed by atoms with Crippen LogP contribution in [0.25, 0.3) is 0 Å². The number of carbonyl (C=O) groups excluding carboxylic acids is 2. The monoisotopic (exact) mass is 323 g/mol. The fourth-order valence-electron chi connectivity index (χ4n) is 2.66. The van der Waals surface area contributed by atoms with E-state index in [2.05, 4.69) is 5.10 Å². The minimum atomic E-state index is -0.761. The van der Waals surface area contributed by atoms with Crippen LogP contribution in [0.4, 0.5) is 5.69 Å². The van der Waals surface area contributed by atoms with Gasteiger partial charge in [-0.05, 0) is 12.1 Å². The molecule has 0 aliphatic carbocycles. The van der Waals surface area contributed by atoms with Gasteiger partial charge in [0.1, 0.15) is 23.1 Å². The summed E-state index contributed by atoms with van der Waals surface area (Å²) in [7, 11) is 1.56. The highest BCUT2D eigenvalue weighted by atomic mass is 16.5. The molecule has 122 valence electrons. The van der Waals surface area contributed by atoms with Crippen LogP contribution in [0.1, 0.15) is 10.4 Å². The van der Waals surface area contributed by atoms with Gasteiger partial charge in [0.15, 0.2) is 0 Å². The number of ether oxygens (including phenoxy) is 1. The van der Waals surface area contributed by atoms with Gasteiger partial charge in [0.25, 0.3) is 0 Å². The molecule has 0 fully saturated rings. The van der Waals surface area contributed by atoms with E-state index in [1.807, 2.05) is 24.3 Å². The van der Waals surface area contributed by atoms with Crippen LogP contribution in [0.15, 0.2) is 59.7 Å². The molecule has 1 heterocycles. The van der Waals surface area contributed by atoms with E-state index in [9.17, 15) is 9.59 Å². The zero-order chi connectivity index (χ0) is 17.1. The third-order valence-corrected chi connectivity index (χ3v) is 3.89. The quantitative estimate of drug-likeness (QED) is 0.851. The summed E-state index contributed by atoms with van der Waals surface area (Å²) in [6, 6.07) is 16.0. The van der Waals surface area contributed by atoms with Crippen molar-refractivity contribution in [1.82, 2.24) is 0 Å². The number of amides is 1. The van der Waals surface area contributed by atoms with Crippen LogP contribution in [-0.4, -0.2) is 31.1 Å². The van der Waals surface area contributed by atoms with E-state index in [1.165, 1.54) is 0 Å². The van der Waals surface area contributed by atoms with Crippen LogP contribution in [0.2, 0.25) is 0 Å². The number of nitrogens with zero attached hydrogens (tertiary/aromatic N) is 2. The lowest BCUT2D eigenvalue weighted by Gasteiger charge is -2.17. The van der Waals surface area contributed by atoms with Gasteiger partial charge in [0.2, 0.25) is 11.7 Å². The van der Waals surface area contributed by atoms with Gasteiger partial charge in [-0.15, -0.1) is 0 Å². The summed E-state index contributed by atoms with van der Waals surface area (Å²) in [4.78, 5) is 24.5. The van der Waals surface area contributed by atoms with E-state index >= 15 is 0 Å². The Kier molecular flexibility index (Phi) is 4.29. The summed E-state index contributed by atoms with van der Waals surface area (Å²) in [6.07, 6.45) is 0. The van der Waals surface area contributed by atoms with Gasteiger partial charge in [0, 0.05) is 5.56 Å². The Morgan fingerprint density at radius 3 is 2.46 bits per heavy atom. The summed E-state index contributed by atoms with van der Waals surface area (Å²) in [5.41, 5.74) is 6.80. The van der Waals surface area contributed by atoms with Crippen LogP contribution in [0.5, 0.6) is 5.75 Å². The molecule has 0 bridgehead atoms. The number of Topliss-reactive ketones (excluding diaryl/α,β-unsaturated/α-hetero) is 1. The Morgan fingerprint density at radius 1 is 1.12 bits per heavy atom. The molecule has 1 amide bonds. The largest absolute Gasteiger partial charge is 0.495 e. The molecular weight excluding hydrogens is 306 g/mol. The average Bonchev–Trinajstić information content (AvgIpc) is 3.07. The minimum absolute atomic E-state index is 0.152. The molecule has 0 saturated carbocycles. The maximum absolute atomic E-state index is 12.7. The fraction of sp³-hybridized carbons (Fsp3) is 0.167. The Bertz CT molecular complexity index is 802. The predicted molar refractivity (Wildman–Crippen MR) is 91.2 cm³/mol. The molecule has 6 nitrogen and oxygen atoms in total. The molecule has 3 rings (SSSR count). The van der Waals surface area contributed by atoms with Crippen molar-refractivity contribution in [2.24, 2.45) is 16.8 Å². The standard InChI is InChI=1S/C18H17N3O3/c1-24-15-10-6-5-9-14(15)21-11-13(18(19)23)16(20-21)17(22)12-7-3-2-4-8-12/h2-10,13H,11H2,1H3,(H2,19,23)/t13-/m0/s1. The first-order chi connectivity index (χ1) is 11.6. The molecule has 6 heteroatoms. The van der Waals surface area contributed by atoms with Gasteiger partial charge >= 0.3 is 0 Å². The summed E-state index contributed by atoms with van der Waals surface area (Å²) in [6.45, 7) is 0.212. The third kappa shape index (κ3) is 2.86. The molecule has 2 aromatic rings. The zero-order valence-electron chi connectivity index (χ0n) is 13.2. The van der Waals surface area contributed by atoms with Crippen LogP contribution in [0, 0.1) is 5.92 Å². The van der Waals surface area contributed by atoms with Gasteiger partial charge in [0.05, 0.1) is 13.7 Å². The van der Waals surface area contributed by atoms with E-state index in [4.69, 9.17) is 10.5 Å².